The molecule has 0 atom stereocenters. The van der Waals surface area contributed by atoms with Gasteiger partial charge < -0.3 is 4.74 Å². The number of ether oxygens (including phenoxy) is 1. The first-order chi connectivity index (χ1) is 12.8. The molecular weight excluding hydrogens is 389 g/mol. The van der Waals surface area contributed by atoms with E-state index < -0.39 is 23.7 Å². The standard InChI is InChI=1S/C17H10F5N3OS/c18-14-11(6-7-13(15(14)19)26-17(20,21)22)8-23-25-16-24-12(9-27-16)10-4-2-1-3-5-10/h1-9H,(H,24,25). The van der Waals surface area contributed by atoms with Gasteiger partial charge in [0.2, 0.25) is 10.9 Å². The number of thiazole rings is 1. The van der Waals surface area contributed by atoms with Gasteiger partial charge in [0.05, 0.1) is 11.9 Å². The maximum Gasteiger partial charge on any atom is 0.573 e. The van der Waals surface area contributed by atoms with E-state index in [0.717, 1.165) is 17.8 Å². The van der Waals surface area contributed by atoms with Crippen LogP contribution in [0.2, 0.25) is 0 Å². The van der Waals surface area contributed by atoms with Crippen molar-refractivity contribution in [3.8, 4) is 17.0 Å². The summed E-state index contributed by atoms with van der Waals surface area (Å²) in [5.41, 5.74) is 3.82. The minimum atomic E-state index is -5.12. The van der Waals surface area contributed by atoms with Crippen molar-refractivity contribution in [1.29, 1.82) is 0 Å². The number of nitrogens with one attached hydrogen (secondary N) is 1. The topological polar surface area (TPSA) is 46.5 Å². The zero-order valence-corrected chi connectivity index (χ0v) is 14.1. The summed E-state index contributed by atoms with van der Waals surface area (Å²) < 4.78 is 67.2. The lowest BCUT2D eigenvalue weighted by atomic mass is 10.2. The number of nitrogens with zero attached hydrogens (tertiary/aromatic N) is 2. The molecule has 10 heteroatoms. The Morgan fingerprint density at radius 2 is 1.78 bits per heavy atom. The van der Waals surface area contributed by atoms with E-state index in [1.54, 1.807) is 5.38 Å². The Bertz CT molecular complexity index is 957. The van der Waals surface area contributed by atoms with Crippen LogP contribution in [0.1, 0.15) is 5.56 Å². The van der Waals surface area contributed by atoms with Crippen LogP contribution in [0.5, 0.6) is 5.75 Å². The molecule has 0 aliphatic rings. The second kappa shape index (κ2) is 7.70. The molecule has 1 aromatic heterocycles. The quantitative estimate of drug-likeness (QED) is 0.353. The normalized spacial score (nSPS) is 11.7. The van der Waals surface area contributed by atoms with Crippen LogP contribution < -0.4 is 10.2 Å². The third kappa shape index (κ3) is 4.79. The number of hydrazone groups is 1. The van der Waals surface area contributed by atoms with Crippen molar-refractivity contribution in [2.75, 3.05) is 5.43 Å². The van der Waals surface area contributed by atoms with Gasteiger partial charge in [-0.25, -0.2) is 9.37 Å². The van der Waals surface area contributed by atoms with E-state index >= 15 is 0 Å². The van der Waals surface area contributed by atoms with E-state index in [1.165, 1.54) is 11.3 Å². The number of alkyl halides is 3. The van der Waals surface area contributed by atoms with Gasteiger partial charge in [0, 0.05) is 16.5 Å². The fourth-order valence-corrected chi connectivity index (χ4v) is 2.74. The van der Waals surface area contributed by atoms with Crippen LogP contribution in [-0.4, -0.2) is 17.6 Å². The summed E-state index contributed by atoms with van der Waals surface area (Å²) in [7, 11) is 0. The maximum atomic E-state index is 13.8. The largest absolute Gasteiger partial charge is 0.573 e. The highest BCUT2D eigenvalue weighted by Gasteiger charge is 2.33. The Morgan fingerprint density at radius 1 is 1.04 bits per heavy atom. The van der Waals surface area contributed by atoms with Crippen molar-refractivity contribution in [3.63, 3.8) is 0 Å². The molecule has 0 radical (unpaired) electrons. The van der Waals surface area contributed by atoms with Gasteiger partial charge >= 0.3 is 6.36 Å². The van der Waals surface area contributed by atoms with Gasteiger partial charge in [-0.05, 0) is 12.1 Å². The van der Waals surface area contributed by atoms with Gasteiger partial charge in [-0.2, -0.15) is 9.49 Å². The van der Waals surface area contributed by atoms with Crippen LogP contribution in [-0.2, 0) is 0 Å². The molecule has 4 nitrogen and oxygen atoms in total. The number of benzene rings is 2. The zero-order chi connectivity index (χ0) is 19.4. The Labute approximate surface area is 153 Å². The number of hydrogen-bond acceptors (Lipinski definition) is 5. The van der Waals surface area contributed by atoms with Crippen molar-refractivity contribution in [3.05, 3.63) is 65.0 Å². The Morgan fingerprint density at radius 3 is 2.48 bits per heavy atom. The second-order valence-electron chi connectivity index (χ2n) is 5.10. The predicted octanol–water partition coefficient (Wildman–Crippen LogP) is 5.43. The molecule has 0 saturated heterocycles. The molecule has 3 aromatic rings. The van der Waals surface area contributed by atoms with Crippen LogP contribution in [0.4, 0.5) is 27.1 Å². The van der Waals surface area contributed by atoms with Gasteiger partial charge in [0.15, 0.2) is 11.6 Å². The average molecular weight is 399 g/mol. The maximum absolute atomic E-state index is 13.8. The monoisotopic (exact) mass is 399 g/mol. The third-order valence-corrected chi connectivity index (χ3v) is 3.99. The molecular formula is C17H10F5N3OS. The molecule has 0 spiro atoms. The fraction of sp³-hybridized carbons (Fsp3) is 0.0588. The summed E-state index contributed by atoms with van der Waals surface area (Å²) in [6.07, 6.45) is -4.19. The zero-order valence-electron chi connectivity index (χ0n) is 13.3. The molecule has 140 valence electrons. The molecule has 0 aliphatic carbocycles. The molecule has 0 amide bonds. The fourth-order valence-electron chi connectivity index (χ4n) is 2.07. The van der Waals surface area contributed by atoms with E-state index in [-0.39, 0.29) is 5.56 Å². The lowest BCUT2D eigenvalue weighted by Gasteiger charge is -2.10. The number of halogens is 5. The minimum absolute atomic E-state index is 0.352. The van der Waals surface area contributed by atoms with Gasteiger partial charge in [0.25, 0.3) is 0 Å². The summed E-state index contributed by atoms with van der Waals surface area (Å²) in [4.78, 5) is 4.29. The molecule has 0 aliphatic heterocycles. The number of anilines is 1. The molecule has 3 rings (SSSR count). The molecule has 0 unspecified atom stereocenters. The minimum Gasteiger partial charge on any atom is -0.403 e. The SMILES string of the molecule is Fc1c(C=NNc2nc(-c3ccccc3)cs2)ccc(OC(F)(F)F)c1F. The molecule has 1 N–H and O–H groups in total. The Balaban J connectivity index is 1.70. The van der Waals surface area contributed by atoms with Crippen molar-refractivity contribution < 1.29 is 26.7 Å². The smallest absolute Gasteiger partial charge is 0.403 e. The Hall–Kier alpha value is -3.01. The van der Waals surface area contributed by atoms with Crippen LogP contribution in [0.15, 0.2) is 52.9 Å². The van der Waals surface area contributed by atoms with E-state index in [0.29, 0.717) is 16.9 Å². The number of rotatable bonds is 5. The first kappa shape index (κ1) is 18.8. The van der Waals surface area contributed by atoms with E-state index in [9.17, 15) is 22.0 Å². The van der Waals surface area contributed by atoms with Crippen LogP contribution >= 0.6 is 11.3 Å². The van der Waals surface area contributed by atoms with Crippen LogP contribution in [0.3, 0.4) is 0 Å². The van der Waals surface area contributed by atoms with Crippen LogP contribution in [0, 0.1) is 11.6 Å². The van der Waals surface area contributed by atoms with Gasteiger partial charge in [-0.15, -0.1) is 24.5 Å². The molecule has 2 aromatic carbocycles. The predicted molar refractivity (Wildman–Crippen MR) is 91.8 cm³/mol. The highest BCUT2D eigenvalue weighted by atomic mass is 32.1. The first-order valence-corrected chi connectivity index (χ1v) is 8.25. The molecule has 0 fully saturated rings. The van der Waals surface area contributed by atoms with Crippen molar-refractivity contribution >= 4 is 22.7 Å². The van der Waals surface area contributed by atoms with E-state index in [2.05, 4.69) is 20.2 Å². The van der Waals surface area contributed by atoms with Gasteiger partial charge in [-0.1, -0.05) is 30.3 Å². The summed E-state index contributed by atoms with van der Waals surface area (Å²) in [6.45, 7) is 0. The highest BCUT2D eigenvalue weighted by molar-refractivity contribution is 7.14. The first-order valence-electron chi connectivity index (χ1n) is 7.37. The highest BCUT2D eigenvalue weighted by Crippen LogP contribution is 2.28. The molecule has 1 heterocycles. The van der Waals surface area contributed by atoms with Crippen molar-refractivity contribution in [2.24, 2.45) is 5.10 Å². The van der Waals surface area contributed by atoms with E-state index in [1.807, 2.05) is 30.3 Å². The molecule has 0 saturated carbocycles. The number of hydrogen-bond donors (Lipinski definition) is 1. The lowest BCUT2D eigenvalue weighted by molar-refractivity contribution is -0.275. The van der Waals surface area contributed by atoms with Crippen LogP contribution in [0.25, 0.3) is 11.3 Å². The van der Waals surface area contributed by atoms with Gasteiger partial charge in [-0.3, -0.25) is 5.43 Å². The van der Waals surface area contributed by atoms with Crippen molar-refractivity contribution in [1.82, 2.24) is 4.98 Å². The third-order valence-electron chi connectivity index (χ3n) is 3.24. The summed E-state index contributed by atoms with van der Waals surface area (Å²) in [5.74, 6) is -4.51. The summed E-state index contributed by atoms with van der Waals surface area (Å²) >= 11 is 1.25. The van der Waals surface area contributed by atoms with Gasteiger partial charge in [0.1, 0.15) is 0 Å². The summed E-state index contributed by atoms with van der Waals surface area (Å²) in [5, 5.41) is 5.92. The number of aromatic nitrogens is 1. The Kier molecular flexibility index (Phi) is 5.36. The molecule has 0 bridgehead atoms. The average Bonchev–Trinajstić information content (AvgIpc) is 3.10. The second-order valence-corrected chi connectivity index (χ2v) is 5.96. The molecule has 27 heavy (non-hydrogen) atoms. The lowest BCUT2D eigenvalue weighted by Crippen LogP contribution is -2.18. The van der Waals surface area contributed by atoms with E-state index in [4.69, 9.17) is 0 Å². The summed E-state index contributed by atoms with van der Waals surface area (Å²) in [6, 6.07) is 11.0. The van der Waals surface area contributed by atoms with Crippen molar-refractivity contribution in [2.45, 2.75) is 6.36 Å².